The highest BCUT2D eigenvalue weighted by atomic mass is 35.5. The van der Waals surface area contributed by atoms with E-state index in [1.54, 1.807) is 19.1 Å². The lowest BCUT2D eigenvalue weighted by atomic mass is 9.69. The highest BCUT2D eigenvalue weighted by Crippen LogP contribution is 2.48. The number of carbonyl (C=O) groups excluding carboxylic acids is 2. The number of rotatable bonds is 2. The quantitative estimate of drug-likeness (QED) is 0.337. The van der Waals surface area contributed by atoms with Gasteiger partial charge in [-0.05, 0) is 84.9 Å². The monoisotopic (exact) mass is 592 g/mol. The van der Waals surface area contributed by atoms with Crippen LogP contribution < -0.4 is 9.64 Å². The van der Waals surface area contributed by atoms with Crippen LogP contribution in [0.4, 0.5) is 5.69 Å². The van der Waals surface area contributed by atoms with Crippen LogP contribution in [0.15, 0.2) is 48.6 Å². The molecular formula is C34H41ClN2O5. The maximum absolute atomic E-state index is 13.2. The SMILES string of the molecule is COC(=O)C1CC(=O)N(C)CC/C=C/C(OC)C2CCC2CN2CC3(CCc4cc(Cl)ccc43)COc3ccc1cc32. The highest BCUT2D eigenvalue weighted by Gasteiger charge is 2.45. The van der Waals surface area contributed by atoms with Crippen LogP contribution >= 0.6 is 11.6 Å². The molecule has 7 nitrogen and oxygen atoms in total. The van der Waals surface area contributed by atoms with Gasteiger partial charge in [-0.1, -0.05) is 35.9 Å². The van der Waals surface area contributed by atoms with Gasteiger partial charge in [0.1, 0.15) is 5.75 Å². The Morgan fingerprint density at radius 1 is 1.14 bits per heavy atom. The number of halogens is 1. The number of aryl methyl sites for hydroxylation is 1. The van der Waals surface area contributed by atoms with Crippen molar-refractivity contribution < 1.29 is 23.8 Å². The van der Waals surface area contributed by atoms with Gasteiger partial charge in [-0.25, -0.2) is 0 Å². The van der Waals surface area contributed by atoms with Crippen molar-refractivity contribution in [3.8, 4) is 5.75 Å². The zero-order valence-corrected chi connectivity index (χ0v) is 25.6. The van der Waals surface area contributed by atoms with Crippen molar-refractivity contribution in [3.63, 3.8) is 0 Å². The minimum Gasteiger partial charge on any atom is -0.490 e. The van der Waals surface area contributed by atoms with E-state index in [1.165, 1.54) is 18.2 Å². The second-order valence-corrected chi connectivity index (χ2v) is 12.9. The number of amides is 1. The molecule has 6 rings (SSSR count). The fourth-order valence-electron chi connectivity index (χ4n) is 7.47. The fourth-order valence-corrected chi connectivity index (χ4v) is 7.67. The number of esters is 1. The smallest absolute Gasteiger partial charge is 0.313 e. The Labute approximate surface area is 253 Å². The van der Waals surface area contributed by atoms with Gasteiger partial charge in [-0.2, -0.15) is 0 Å². The van der Waals surface area contributed by atoms with Crippen LogP contribution in [0.3, 0.4) is 0 Å². The third-order valence-electron chi connectivity index (χ3n) is 10.1. The molecule has 5 atom stereocenters. The highest BCUT2D eigenvalue weighted by molar-refractivity contribution is 6.30. The van der Waals surface area contributed by atoms with E-state index in [0.717, 1.165) is 67.2 Å². The number of methoxy groups -OCH3 is 2. The summed E-state index contributed by atoms with van der Waals surface area (Å²) < 4.78 is 17.8. The molecule has 1 spiro atoms. The summed E-state index contributed by atoms with van der Waals surface area (Å²) in [6.07, 6.45) is 9.36. The molecule has 42 heavy (non-hydrogen) atoms. The lowest BCUT2D eigenvalue weighted by Gasteiger charge is -2.44. The Kier molecular flexibility index (Phi) is 8.25. The van der Waals surface area contributed by atoms with Gasteiger partial charge in [0.25, 0.3) is 0 Å². The Morgan fingerprint density at radius 2 is 2.00 bits per heavy atom. The second-order valence-electron chi connectivity index (χ2n) is 12.5. The first-order valence-electron chi connectivity index (χ1n) is 15.1. The molecule has 5 unspecified atom stereocenters. The lowest BCUT2D eigenvalue weighted by Crippen LogP contribution is -2.48. The number of anilines is 1. The van der Waals surface area contributed by atoms with Gasteiger partial charge in [0, 0.05) is 50.7 Å². The number of hydrogen-bond donors (Lipinski definition) is 0. The third-order valence-corrected chi connectivity index (χ3v) is 10.3. The van der Waals surface area contributed by atoms with E-state index in [-0.39, 0.29) is 23.8 Å². The third kappa shape index (κ3) is 5.42. The number of carbonyl (C=O) groups is 2. The van der Waals surface area contributed by atoms with E-state index in [1.807, 2.05) is 18.2 Å². The molecule has 1 amide bonds. The summed E-state index contributed by atoms with van der Waals surface area (Å²) in [5, 5.41) is 0.767. The molecule has 0 saturated heterocycles. The Hall–Kier alpha value is -3.03. The van der Waals surface area contributed by atoms with E-state index in [0.29, 0.717) is 25.0 Å². The number of benzene rings is 2. The van der Waals surface area contributed by atoms with Crippen LogP contribution in [0.5, 0.6) is 5.75 Å². The van der Waals surface area contributed by atoms with Crippen molar-refractivity contribution in [2.24, 2.45) is 11.8 Å². The van der Waals surface area contributed by atoms with E-state index in [4.69, 9.17) is 25.8 Å². The number of nitrogens with zero attached hydrogens (tertiary/aromatic N) is 2. The minimum atomic E-state index is -0.693. The van der Waals surface area contributed by atoms with Crippen LogP contribution in [-0.2, 0) is 30.9 Å². The average molecular weight is 593 g/mol. The van der Waals surface area contributed by atoms with Gasteiger partial charge in [0.05, 0.1) is 31.4 Å². The topological polar surface area (TPSA) is 68.3 Å². The predicted molar refractivity (Wildman–Crippen MR) is 163 cm³/mol. The normalized spacial score (nSPS) is 30.0. The number of ether oxygens (including phenoxy) is 3. The maximum Gasteiger partial charge on any atom is 0.313 e. The summed E-state index contributed by atoms with van der Waals surface area (Å²) in [7, 11) is 4.97. The molecule has 0 aromatic heterocycles. The molecule has 2 bridgehead atoms. The lowest BCUT2D eigenvalue weighted by molar-refractivity contribution is -0.145. The van der Waals surface area contributed by atoms with Crippen LogP contribution in [-0.4, -0.2) is 70.4 Å². The Bertz CT molecular complexity index is 1380. The van der Waals surface area contributed by atoms with Gasteiger partial charge < -0.3 is 24.0 Å². The van der Waals surface area contributed by atoms with E-state index >= 15 is 0 Å². The number of hydrogen-bond acceptors (Lipinski definition) is 6. The zero-order valence-electron chi connectivity index (χ0n) is 24.8. The van der Waals surface area contributed by atoms with Crippen molar-refractivity contribution in [1.82, 2.24) is 4.90 Å². The Balaban J connectivity index is 1.43. The average Bonchev–Trinajstić information content (AvgIpc) is 3.24. The van der Waals surface area contributed by atoms with Crippen molar-refractivity contribution in [1.29, 1.82) is 0 Å². The second kappa shape index (κ2) is 11.9. The molecule has 1 fully saturated rings. The first-order chi connectivity index (χ1) is 20.3. The van der Waals surface area contributed by atoms with Gasteiger partial charge in [0.2, 0.25) is 5.91 Å². The standard InChI is InChI=1S/C34H41ClN2O5/c1-36-15-5-4-6-30(40-2)26-10-7-24(26)19-37-20-34(14-13-23-16-25(35)9-11-28(23)34)21-42-31-12-8-22(17-29(31)37)27(18-32(36)38)33(39)41-3/h4,6,8-9,11-12,16-17,24,26-27,30H,5,7,10,13-15,18-21H2,1-3H3/b6-4+. The summed E-state index contributed by atoms with van der Waals surface area (Å²) >= 11 is 6.39. The number of fused-ring (bicyclic) bond motifs is 4. The molecule has 2 aliphatic heterocycles. The molecule has 4 aliphatic rings. The predicted octanol–water partition coefficient (Wildman–Crippen LogP) is 5.53. The van der Waals surface area contributed by atoms with Gasteiger partial charge in [0.15, 0.2) is 0 Å². The summed E-state index contributed by atoms with van der Waals surface area (Å²) in [5.41, 5.74) is 4.20. The van der Waals surface area contributed by atoms with Gasteiger partial charge >= 0.3 is 5.97 Å². The summed E-state index contributed by atoms with van der Waals surface area (Å²) in [5.74, 6) is 0.510. The summed E-state index contributed by atoms with van der Waals surface area (Å²) in [6, 6.07) is 12.2. The molecule has 8 heteroatoms. The van der Waals surface area contributed by atoms with Crippen LogP contribution in [0, 0.1) is 11.8 Å². The van der Waals surface area contributed by atoms with E-state index in [2.05, 4.69) is 35.3 Å². The molecule has 1 saturated carbocycles. The minimum absolute atomic E-state index is 0.0405. The van der Waals surface area contributed by atoms with Gasteiger partial charge in [-0.15, -0.1) is 0 Å². The van der Waals surface area contributed by atoms with Crippen LogP contribution in [0.1, 0.15) is 54.7 Å². The van der Waals surface area contributed by atoms with Crippen molar-refractivity contribution in [2.45, 2.75) is 56.0 Å². The summed E-state index contributed by atoms with van der Waals surface area (Å²) in [4.78, 5) is 30.5. The van der Waals surface area contributed by atoms with Crippen LogP contribution in [0.25, 0.3) is 0 Å². The fraction of sp³-hybridized carbons (Fsp3) is 0.529. The molecule has 0 radical (unpaired) electrons. The largest absolute Gasteiger partial charge is 0.490 e. The van der Waals surface area contributed by atoms with Crippen molar-refractivity contribution in [2.75, 3.05) is 52.4 Å². The molecular weight excluding hydrogens is 552 g/mol. The van der Waals surface area contributed by atoms with E-state index < -0.39 is 11.9 Å². The van der Waals surface area contributed by atoms with E-state index in [9.17, 15) is 9.59 Å². The summed E-state index contributed by atoms with van der Waals surface area (Å²) in [6.45, 7) is 2.83. The molecule has 2 aromatic carbocycles. The zero-order chi connectivity index (χ0) is 29.4. The molecule has 224 valence electrons. The first kappa shape index (κ1) is 29.1. The van der Waals surface area contributed by atoms with Crippen molar-refractivity contribution in [3.05, 3.63) is 70.3 Å². The molecule has 2 aliphatic carbocycles. The Morgan fingerprint density at radius 3 is 2.76 bits per heavy atom. The molecule has 0 N–H and O–H groups in total. The molecule has 2 heterocycles. The van der Waals surface area contributed by atoms with Crippen molar-refractivity contribution >= 4 is 29.2 Å². The molecule has 2 aromatic rings. The first-order valence-corrected chi connectivity index (χ1v) is 15.5. The maximum atomic E-state index is 13.2. The van der Waals surface area contributed by atoms with Gasteiger partial charge in [-0.3, -0.25) is 9.59 Å². The van der Waals surface area contributed by atoms with Crippen LogP contribution in [0.2, 0.25) is 5.02 Å².